The van der Waals surface area contributed by atoms with Crippen LogP contribution in [0.2, 0.25) is 0 Å². The van der Waals surface area contributed by atoms with E-state index in [0.717, 1.165) is 63.1 Å². The Morgan fingerprint density at radius 1 is 1.33 bits per heavy atom. The zero-order valence-corrected chi connectivity index (χ0v) is 13.9. The zero-order chi connectivity index (χ0) is 15.1. The molecule has 0 saturated carbocycles. The highest BCUT2D eigenvalue weighted by molar-refractivity contribution is 7.80. The summed E-state index contributed by atoms with van der Waals surface area (Å²) in [5, 5.41) is 4.26. The van der Waals surface area contributed by atoms with Gasteiger partial charge >= 0.3 is 0 Å². The van der Waals surface area contributed by atoms with Crippen molar-refractivity contribution >= 4 is 17.3 Å². The maximum Gasteiger partial charge on any atom is 0.169 e. The van der Waals surface area contributed by atoms with Crippen molar-refractivity contribution in [1.29, 1.82) is 0 Å². The van der Waals surface area contributed by atoms with Crippen molar-refractivity contribution in [2.45, 2.75) is 13.0 Å². The molecule has 1 aromatic heterocycles. The van der Waals surface area contributed by atoms with Crippen molar-refractivity contribution in [2.75, 3.05) is 53.4 Å². The van der Waals surface area contributed by atoms with Gasteiger partial charge < -0.3 is 19.5 Å². The summed E-state index contributed by atoms with van der Waals surface area (Å²) < 4.78 is 5.40. The van der Waals surface area contributed by atoms with Crippen LogP contribution >= 0.6 is 12.2 Å². The SMILES string of the molecule is CN(C)CCCNC(=S)N1CCN(Cc2ccco2)CC1. The Morgan fingerprint density at radius 3 is 2.71 bits per heavy atom. The van der Waals surface area contributed by atoms with Gasteiger partial charge in [0, 0.05) is 32.7 Å². The molecule has 5 nitrogen and oxygen atoms in total. The Bertz CT molecular complexity index is 413. The first kappa shape index (κ1) is 16.3. The van der Waals surface area contributed by atoms with Gasteiger partial charge in [-0.3, -0.25) is 4.90 Å². The summed E-state index contributed by atoms with van der Waals surface area (Å²) in [6.07, 6.45) is 2.85. The van der Waals surface area contributed by atoms with Crippen LogP contribution in [0.3, 0.4) is 0 Å². The van der Waals surface area contributed by atoms with Crippen LogP contribution in [0.5, 0.6) is 0 Å². The molecule has 0 bridgehead atoms. The minimum absolute atomic E-state index is 0.893. The average Bonchev–Trinajstić information content (AvgIpc) is 2.97. The van der Waals surface area contributed by atoms with E-state index in [9.17, 15) is 0 Å². The standard InChI is InChI=1S/C15H26N4OS/c1-17(2)7-4-6-16-15(21)19-10-8-18(9-11-19)13-14-5-3-12-20-14/h3,5,12H,4,6-11,13H2,1-2H3,(H,16,21). The highest BCUT2D eigenvalue weighted by atomic mass is 32.1. The predicted molar refractivity (Wildman–Crippen MR) is 89.3 cm³/mol. The van der Waals surface area contributed by atoms with Gasteiger partial charge in [-0.2, -0.15) is 0 Å². The Morgan fingerprint density at radius 2 is 2.10 bits per heavy atom. The molecule has 2 heterocycles. The molecule has 0 aliphatic carbocycles. The molecule has 1 saturated heterocycles. The van der Waals surface area contributed by atoms with Crippen LogP contribution in [-0.2, 0) is 6.54 Å². The molecule has 0 unspecified atom stereocenters. The zero-order valence-electron chi connectivity index (χ0n) is 13.0. The fourth-order valence-electron chi connectivity index (χ4n) is 2.43. The summed E-state index contributed by atoms with van der Waals surface area (Å²) in [7, 11) is 4.19. The number of hydrogen-bond acceptors (Lipinski definition) is 4. The first-order valence-electron chi connectivity index (χ1n) is 7.57. The number of hydrogen-bond donors (Lipinski definition) is 1. The molecular formula is C15H26N4OS. The van der Waals surface area contributed by atoms with E-state index in [0.29, 0.717) is 0 Å². The van der Waals surface area contributed by atoms with E-state index in [4.69, 9.17) is 16.6 Å². The molecule has 21 heavy (non-hydrogen) atoms. The number of nitrogens with zero attached hydrogens (tertiary/aromatic N) is 3. The van der Waals surface area contributed by atoms with E-state index in [-0.39, 0.29) is 0 Å². The van der Waals surface area contributed by atoms with Crippen molar-refractivity contribution in [1.82, 2.24) is 20.0 Å². The largest absolute Gasteiger partial charge is 0.468 e. The summed E-state index contributed by atoms with van der Waals surface area (Å²) in [6.45, 7) is 6.96. The van der Waals surface area contributed by atoms with Gasteiger partial charge in [0.05, 0.1) is 12.8 Å². The Balaban J connectivity index is 1.62. The van der Waals surface area contributed by atoms with Gasteiger partial charge in [-0.25, -0.2) is 0 Å². The maximum atomic E-state index is 5.47. The topological polar surface area (TPSA) is 34.9 Å². The van der Waals surface area contributed by atoms with Crippen LogP contribution in [0.4, 0.5) is 0 Å². The van der Waals surface area contributed by atoms with Crippen LogP contribution in [0.1, 0.15) is 12.2 Å². The van der Waals surface area contributed by atoms with Gasteiger partial charge in [-0.15, -0.1) is 0 Å². The second-order valence-corrected chi connectivity index (χ2v) is 6.12. The Labute approximate surface area is 132 Å². The molecule has 0 amide bonds. The minimum Gasteiger partial charge on any atom is -0.468 e. The molecule has 6 heteroatoms. The number of piperazine rings is 1. The lowest BCUT2D eigenvalue weighted by molar-refractivity contribution is 0.164. The van der Waals surface area contributed by atoms with E-state index in [2.05, 4.69) is 34.1 Å². The predicted octanol–water partition coefficient (Wildman–Crippen LogP) is 1.22. The summed E-state index contributed by atoms with van der Waals surface area (Å²) in [5.41, 5.74) is 0. The fraction of sp³-hybridized carbons (Fsp3) is 0.667. The molecule has 0 aromatic carbocycles. The van der Waals surface area contributed by atoms with Crippen molar-refractivity contribution in [3.63, 3.8) is 0 Å². The monoisotopic (exact) mass is 310 g/mol. The lowest BCUT2D eigenvalue weighted by atomic mass is 10.3. The first-order valence-corrected chi connectivity index (χ1v) is 7.98. The van der Waals surface area contributed by atoms with Gasteiger partial charge in [0.15, 0.2) is 5.11 Å². The third kappa shape index (κ3) is 5.65. The number of nitrogens with one attached hydrogen (secondary N) is 1. The molecule has 0 radical (unpaired) electrons. The maximum absolute atomic E-state index is 5.47. The van der Waals surface area contributed by atoms with Crippen LogP contribution in [0.15, 0.2) is 22.8 Å². The van der Waals surface area contributed by atoms with Crippen molar-refractivity contribution in [3.8, 4) is 0 Å². The number of thiocarbonyl (C=S) groups is 1. The summed E-state index contributed by atoms with van der Waals surface area (Å²) >= 11 is 5.47. The molecule has 118 valence electrons. The molecule has 1 aliphatic rings. The molecule has 0 atom stereocenters. The highest BCUT2D eigenvalue weighted by Crippen LogP contribution is 2.09. The Kier molecular flexibility index (Phi) is 6.48. The number of rotatable bonds is 6. The summed E-state index contributed by atoms with van der Waals surface area (Å²) in [6, 6.07) is 3.97. The Hall–Kier alpha value is -1.11. The van der Waals surface area contributed by atoms with Crippen LogP contribution in [0, 0.1) is 0 Å². The average molecular weight is 310 g/mol. The molecule has 1 aromatic rings. The van der Waals surface area contributed by atoms with Gasteiger partial charge in [0.1, 0.15) is 5.76 Å². The lowest BCUT2D eigenvalue weighted by Crippen LogP contribution is -2.51. The van der Waals surface area contributed by atoms with Gasteiger partial charge in [0.25, 0.3) is 0 Å². The normalized spacial score (nSPS) is 16.4. The van der Waals surface area contributed by atoms with Gasteiger partial charge in [-0.1, -0.05) is 0 Å². The minimum atomic E-state index is 0.893. The molecule has 1 fully saturated rings. The van der Waals surface area contributed by atoms with E-state index in [1.165, 1.54) is 0 Å². The highest BCUT2D eigenvalue weighted by Gasteiger charge is 2.19. The van der Waals surface area contributed by atoms with E-state index in [1.807, 2.05) is 12.1 Å². The molecule has 1 N–H and O–H groups in total. The third-order valence-electron chi connectivity index (χ3n) is 3.68. The molecule has 1 aliphatic heterocycles. The second kappa shape index (κ2) is 8.36. The summed E-state index contributed by atoms with van der Waals surface area (Å²) in [5.74, 6) is 1.04. The molecule has 2 rings (SSSR count). The van der Waals surface area contributed by atoms with Crippen molar-refractivity contribution in [3.05, 3.63) is 24.2 Å². The lowest BCUT2D eigenvalue weighted by Gasteiger charge is -2.35. The van der Waals surface area contributed by atoms with Crippen LogP contribution < -0.4 is 5.32 Å². The van der Waals surface area contributed by atoms with Crippen molar-refractivity contribution < 1.29 is 4.42 Å². The first-order chi connectivity index (χ1) is 10.1. The van der Waals surface area contributed by atoms with Crippen LogP contribution in [-0.4, -0.2) is 73.2 Å². The van der Waals surface area contributed by atoms with Crippen LogP contribution in [0.25, 0.3) is 0 Å². The van der Waals surface area contributed by atoms with E-state index < -0.39 is 0 Å². The smallest absolute Gasteiger partial charge is 0.169 e. The quantitative estimate of drug-likeness (QED) is 0.629. The number of furan rings is 1. The molecule has 0 spiro atoms. The summed E-state index contributed by atoms with van der Waals surface area (Å²) in [4.78, 5) is 6.87. The third-order valence-corrected chi connectivity index (χ3v) is 4.08. The van der Waals surface area contributed by atoms with Gasteiger partial charge in [-0.05, 0) is 51.4 Å². The van der Waals surface area contributed by atoms with E-state index in [1.54, 1.807) is 6.26 Å². The van der Waals surface area contributed by atoms with Crippen molar-refractivity contribution in [2.24, 2.45) is 0 Å². The van der Waals surface area contributed by atoms with E-state index >= 15 is 0 Å². The molecular weight excluding hydrogens is 284 g/mol. The fourth-order valence-corrected chi connectivity index (χ4v) is 2.72. The second-order valence-electron chi connectivity index (χ2n) is 5.73. The van der Waals surface area contributed by atoms with Gasteiger partial charge in [0.2, 0.25) is 0 Å².